The van der Waals surface area contributed by atoms with Crippen LogP contribution in [-0.4, -0.2) is 44.5 Å². The maximum atomic E-state index is 12.2. The number of fused-ring (bicyclic) bond motifs is 3. The Labute approximate surface area is 152 Å². The monoisotopic (exact) mass is 351 g/mol. The first-order valence-corrected chi connectivity index (χ1v) is 8.67. The SMILES string of the molecule is COCCOc1cccc(C2=NCC(=O)NC3c4ccccc4NC23)c1. The molecule has 0 bridgehead atoms. The van der Waals surface area contributed by atoms with Gasteiger partial charge in [0.15, 0.2) is 0 Å². The van der Waals surface area contributed by atoms with Gasteiger partial charge in [0.1, 0.15) is 18.9 Å². The number of hydrogen-bond donors (Lipinski definition) is 2. The number of ether oxygens (including phenoxy) is 2. The van der Waals surface area contributed by atoms with Gasteiger partial charge in [-0.05, 0) is 18.2 Å². The standard InChI is InChI=1S/C20H21N3O3/c1-25-9-10-26-14-6-4-5-13(11-14)18-20-19(23-17(24)12-21-18)15-7-2-3-8-16(15)22-20/h2-8,11,19-20,22H,9-10,12H2,1H3,(H,23,24). The molecule has 0 aliphatic carbocycles. The summed E-state index contributed by atoms with van der Waals surface area (Å²) in [6.07, 6.45) is 0. The maximum Gasteiger partial charge on any atom is 0.242 e. The lowest BCUT2D eigenvalue weighted by molar-refractivity contribution is -0.120. The molecule has 2 atom stereocenters. The van der Waals surface area contributed by atoms with Gasteiger partial charge >= 0.3 is 0 Å². The number of amides is 1. The van der Waals surface area contributed by atoms with Gasteiger partial charge in [-0.2, -0.15) is 0 Å². The molecule has 0 spiro atoms. The van der Waals surface area contributed by atoms with E-state index in [2.05, 4.69) is 15.6 Å². The van der Waals surface area contributed by atoms with Crippen molar-refractivity contribution >= 4 is 17.3 Å². The molecule has 0 saturated heterocycles. The van der Waals surface area contributed by atoms with Crippen molar-refractivity contribution in [3.63, 3.8) is 0 Å². The van der Waals surface area contributed by atoms with Crippen LogP contribution in [0.1, 0.15) is 17.2 Å². The number of nitrogens with zero attached hydrogens (tertiary/aromatic N) is 1. The second kappa shape index (κ2) is 7.17. The Balaban J connectivity index is 1.65. The predicted octanol–water partition coefficient (Wildman–Crippen LogP) is 2.17. The molecule has 6 nitrogen and oxygen atoms in total. The summed E-state index contributed by atoms with van der Waals surface area (Å²) in [6.45, 7) is 1.15. The molecule has 0 aromatic heterocycles. The fourth-order valence-electron chi connectivity index (χ4n) is 3.45. The van der Waals surface area contributed by atoms with Crippen LogP contribution in [0.5, 0.6) is 5.75 Å². The van der Waals surface area contributed by atoms with E-state index in [1.807, 2.05) is 48.5 Å². The van der Waals surface area contributed by atoms with Crippen molar-refractivity contribution in [1.29, 1.82) is 0 Å². The Morgan fingerprint density at radius 2 is 1.96 bits per heavy atom. The topological polar surface area (TPSA) is 72.0 Å². The van der Waals surface area contributed by atoms with Crippen LogP contribution in [0.2, 0.25) is 0 Å². The predicted molar refractivity (Wildman–Crippen MR) is 100.0 cm³/mol. The molecule has 2 unspecified atom stereocenters. The summed E-state index contributed by atoms with van der Waals surface area (Å²) in [7, 11) is 1.65. The zero-order valence-corrected chi connectivity index (χ0v) is 14.6. The molecule has 0 saturated carbocycles. The van der Waals surface area contributed by atoms with Crippen LogP contribution < -0.4 is 15.4 Å². The number of hydrogen-bond acceptors (Lipinski definition) is 5. The molecule has 2 aliphatic rings. The molecule has 26 heavy (non-hydrogen) atoms. The van der Waals surface area contributed by atoms with Gasteiger partial charge in [0, 0.05) is 23.9 Å². The van der Waals surface area contributed by atoms with E-state index in [-0.39, 0.29) is 24.5 Å². The Bertz CT molecular complexity index is 850. The van der Waals surface area contributed by atoms with E-state index in [0.717, 1.165) is 28.3 Å². The first kappa shape index (κ1) is 16.6. The molecule has 1 amide bonds. The van der Waals surface area contributed by atoms with Crippen LogP contribution in [0, 0.1) is 0 Å². The number of carbonyl (C=O) groups is 1. The number of rotatable bonds is 5. The van der Waals surface area contributed by atoms with Crippen molar-refractivity contribution in [2.45, 2.75) is 12.1 Å². The molecule has 2 aromatic rings. The van der Waals surface area contributed by atoms with E-state index in [0.29, 0.717) is 13.2 Å². The lowest BCUT2D eigenvalue weighted by Gasteiger charge is -2.21. The summed E-state index contributed by atoms with van der Waals surface area (Å²) in [4.78, 5) is 16.8. The third-order valence-electron chi connectivity index (χ3n) is 4.63. The number of benzene rings is 2. The fraction of sp³-hybridized carbons (Fsp3) is 0.300. The van der Waals surface area contributed by atoms with Crippen molar-refractivity contribution in [3.8, 4) is 5.75 Å². The molecule has 0 radical (unpaired) electrons. The lowest BCUT2D eigenvalue weighted by Crippen LogP contribution is -2.38. The normalized spacial score (nSPS) is 21.0. The minimum absolute atomic E-state index is 0.0685. The number of anilines is 1. The van der Waals surface area contributed by atoms with Gasteiger partial charge in [0.05, 0.1) is 24.4 Å². The summed E-state index contributed by atoms with van der Waals surface area (Å²) < 4.78 is 10.7. The highest BCUT2D eigenvalue weighted by atomic mass is 16.5. The molecular weight excluding hydrogens is 330 g/mol. The van der Waals surface area contributed by atoms with Gasteiger partial charge in [-0.15, -0.1) is 0 Å². The third kappa shape index (κ3) is 3.15. The van der Waals surface area contributed by atoms with Crippen molar-refractivity contribution in [3.05, 3.63) is 59.7 Å². The Morgan fingerprint density at radius 1 is 1.08 bits per heavy atom. The zero-order valence-electron chi connectivity index (χ0n) is 14.6. The molecule has 134 valence electrons. The third-order valence-corrected chi connectivity index (χ3v) is 4.63. The second-order valence-corrected chi connectivity index (χ2v) is 6.33. The van der Waals surface area contributed by atoms with Gasteiger partial charge in [0.25, 0.3) is 0 Å². The quantitative estimate of drug-likeness (QED) is 0.810. The van der Waals surface area contributed by atoms with Crippen molar-refractivity contribution in [2.24, 2.45) is 4.99 Å². The van der Waals surface area contributed by atoms with Crippen LogP contribution in [0.3, 0.4) is 0 Å². The summed E-state index contributed by atoms with van der Waals surface area (Å²) in [5, 5.41) is 6.60. The van der Waals surface area contributed by atoms with Gasteiger partial charge in [0.2, 0.25) is 5.91 Å². The van der Waals surface area contributed by atoms with Gasteiger partial charge in [-0.1, -0.05) is 30.3 Å². The molecule has 2 N–H and O–H groups in total. The molecule has 2 aliphatic heterocycles. The van der Waals surface area contributed by atoms with E-state index in [1.54, 1.807) is 7.11 Å². The Hall–Kier alpha value is -2.86. The average molecular weight is 351 g/mol. The highest BCUT2D eigenvalue weighted by molar-refractivity contribution is 6.09. The van der Waals surface area contributed by atoms with Crippen LogP contribution in [0.4, 0.5) is 5.69 Å². The highest BCUT2D eigenvalue weighted by Gasteiger charge is 2.38. The minimum atomic E-state index is -0.127. The zero-order chi connectivity index (χ0) is 17.9. The van der Waals surface area contributed by atoms with E-state index >= 15 is 0 Å². The molecule has 4 rings (SSSR count). The largest absolute Gasteiger partial charge is 0.491 e. The smallest absolute Gasteiger partial charge is 0.242 e. The van der Waals surface area contributed by atoms with E-state index < -0.39 is 0 Å². The van der Waals surface area contributed by atoms with E-state index in [1.165, 1.54) is 0 Å². The van der Waals surface area contributed by atoms with Crippen molar-refractivity contribution in [2.75, 3.05) is 32.2 Å². The van der Waals surface area contributed by atoms with Crippen molar-refractivity contribution in [1.82, 2.24) is 5.32 Å². The number of nitrogens with one attached hydrogen (secondary N) is 2. The average Bonchev–Trinajstić information content (AvgIpc) is 2.92. The minimum Gasteiger partial charge on any atom is -0.491 e. The summed E-state index contributed by atoms with van der Waals surface area (Å²) >= 11 is 0. The fourth-order valence-corrected chi connectivity index (χ4v) is 3.45. The van der Waals surface area contributed by atoms with E-state index in [9.17, 15) is 4.79 Å². The lowest BCUT2D eigenvalue weighted by atomic mass is 9.95. The number of aliphatic imine (C=N–C) groups is 1. The van der Waals surface area contributed by atoms with Gasteiger partial charge in [-0.25, -0.2) is 0 Å². The second-order valence-electron chi connectivity index (χ2n) is 6.33. The van der Waals surface area contributed by atoms with Gasteiger partial charge in [-0.3, -0.25) is 9.79 Å². The number of carbonyl (C=O) groups excluding carboxylic acids is 1. The van der Waals surface area contributed by atoms with Crippen LogP contribution in [0.25, 0.3) is 0 Å². The van der Waals surface area contributed by atoms with Crippen LogP contribution in [0.15, 0.2) is 53.5 Å². The first-order valence-electron chi connectivity index (χ1n) is 8.67. The number of para-hydroxylation sites is 1. The molecule has 2 heterocycles. The van der Waals surface area contributed by atoms with Crippen molar-refractivity contribution < 1.29 is 14.3 Å². The Kier molecular flexibility index (Phi) is 4.58. The number of methoxy groups -OCH3 is 1. The molecule has 2 aromatic carbocycles. The molecule has 6 heteroatoms. The summed E-state index contributed by atoms with van der Waals surface area (Å²) in [6, 6.07) is 15.6. The molecule has 0 fully saturated rings. The highest BCUT2D eigenvalue weighted by Crippen LogP contribution is 2.36. The van der Waals surface area contributed by atoms with Crippen LogP contribution >= 0.6 is 0 Å². The molecular formula is C20H21N3O3. The summed E-state index contributed by atoms with van der Waals surface area (Å²) in [5.74, 6) is 0.693. The first-order chi connectivity index (χ1) is 12.8. The maximum absolute atomic E-state index is 12.2. The summed E-state index contributed by atoms with van der Waals surface area (Å²) in [5.41, 5.74) is 3.94. The van der Waals surface area contributed by atoms with Crippen LogP contribution in [-0.2, 0) is 9.53 Å². The van der Waals surface area contributed by atoms with E-state index in [4.69, 9.17) is 9.47 Å². The van der Waals surface area contributed by atoms with Gasteiger partial charge < -0.3 is 20.1 Å². The Morgan fingerprint density at radius 3 is 2.85 bits per heavy atom.